The first-order chi connectivity index (χ1) is 6.11. The summed E-state index contributed by atoms with van der Waals surface area (Å²) >= 11 is 5.39. The van der Waals surface area contributed by atoms with Gasteiger partial charge < -0.3 is 0 Å². The minimum absolute atomic E-state index is 0.0947. The van der Waals surface area contributed by atoms with Gasteiger partial charge in [-0.15, -0.1) is 0 Å². The Labute approximate surface area is 84.5 Å². The van der Waals surface area contributed by atoms with E-state index in [4.69, 9.17) is 11.6 Å². The predicted molar refractivity (Wildman–Crippen MR) is 58.3 cm³/mol. The lowest BCUT2D eigenvalue weighted by atomic mass is 9.87. The Balaban J connectivity index is 2.74. The molecule has 0 spiro atoms. The van der Waals surface area contributed by atoms with E-state index in [0.29, 0.717) is 0 Å². The van der Waals surface area contributed by atoms with Crippen molar-refractivity contribution in [2.45, 2.75) is 13.3 Å². The van der Waals surface area contributed by atoms with Gasteiger partial charge >= 0.3 is 0 Å². The van der Waals surface area contributed by atoms with Crippen LogP contribution in [0.25, 0.3) is 0 Å². The number of rotatable bonds is 3. The molecule has 1 aromatic carbocycles. The van der Waals surface area contributed by atoms with E-state index in [1.54, 1.807) is 0 Å². The highest BCUT2D eigenvalue weighted by molar-refractivity contribution is 6.63. The summed E-state index contributed by atoms with van der Waals surface area (Å²) in [6, 6.07) is 8.05. The highest BCUT2D eigenvalue weighted by Crippen LogP contribution is 2.08. The van der Waals surface area contributed by atoms with Gasteiger partial charge in [-0.3, -0.25) is 4.79 Å². The van der Waals surface area contributed by atoms with Crippen LogP contribution in [0.1, 0.15) is 12.5 Å². The first kappa shape index (κ1) is 10.3. The highest BCUT2D eigenvalue weighted by atomic mass is 35.5. The summed E-state index contributed by atoms with van der Waals surface area (Å²) < 4.78 is 0. The van der Waals surface area contributed by atoms with Crippen molar-refractivity contribution in [1.29, 1.82) is 0 Å². The number of halogens is 1. The Hall–Kier alpha value is -0.755. The molecular weight excluding hydrogens is 182 g/mol. The minimum atomic E-state index is -0.261. The van der Waals surface area contributed by atoms with E-state index < -0.39 is 0 Å². The van der Waals surface area contributed by atoms with Crippen LogP contribution in [0.4, 0.5) is 0 Å². The molecule has 0 heterocycles. The zero-order chi connectivity index (χ0) is 9.84. The van der Waals surface area contributed by atoms with Crippen LogP contribution >= 0.6 is 11.6 Å². The Morgan fingerprint density at radius 1 is 1.54 bits per heavy atom. The fourth-order valence-corrected chi connectivity index (χ4v) is 1.33. The van der Waals surface area contributed by atoms with Crippen LogP contribution in [-0.4, -0.2) is 13.1 Å². The van der Waals surface area contributed by atoms with Crippen molar-refractivity contribution in [2.24, 2.45) is 5.92 Å². The highest BCUT2D eigenvalue weighted by Gasteiger charge is 2.11. The zero-order valence-corrected chi connectivity index (χ0v) is 8.64. The maximum atomic E-state index is 10.8. The molecule has 1 rings (SSSR count). The van der Waals surface area contributed by atoms with Crippen molar-refractivity contribution >= 4 is 30.2 Å². The summed E-state index contributed by atoms with van der Waals surface area (Å²) in [5, 5.41) is -0.261. The third kappa shape index (κ3) is 2.89. The smallest absolute Gasteiger partial charge is 0.224 e. The zero-order valence-electron chi connectivity index (χ0n) is 7.88. The summed E-state index contributed by atoms with van der Waals surface area (Å²) in [7, 11) is 2.04. The third-order valence-corrected chi connectivity index (χ3v) is 2.55. The molecule has 1 unspecified atom stereocenters. The van der Waals surface area contributed by atoms with Gasteiger partial charge in [0.05, 0.1) is 0 Å². The van der Waals surface area contributed by atoms with Gasteiger partial charge in [0.2, 0.25) is 5.24 Å². The number of carbonyl (C=O) groups is 1. The lowest BCUT2D eigenvalue weighted by molar-refractivity contribution is -0.114. The normalized spacial score (nSPS) is 12.5. The summed E-state index contributed by atoms with van der Waals surface area (Å²) in [6.07, 6.45) is 0.731. The van der Waals surface area contributed by atoms with Crippen LogP contribution in [0.3, 0.4) is 0 Å². The molecule has 0 aliphatic heterocycles. The molecule has 68 valence electrons. The maximum Gasteiger partial charge on any atom is 0.224 e. The van der Waals surface area contributed by atoms with Gasteiger partial charge in [-0.2, -0.15) is 0 Å². The Morgan fingerprint density at radius 2 is 2.15 bits per heavy atom. The van der Waals surface area contributed by atoms with E-state index in [2.05, 4.69) is 0 Å². The summed E-state index contributed by atoms with van der Waals surface area (Å²) in [4.78, 5) is 10.8. The van der Waals surface area contributed by atoms with E-state index in [1.807, 2.05) is 39.0 Å². The predicted octanol–water partition coefficient (Wildman–Crippen LogP) is 0.889. The van der Waals surface area contributed by atoms with Gasteiger partial charge in [0.15, 0.2) is 0 Å². The Morgan fingerprint density at radius 3 is 2.69 bits per heavy atom. The van der Waals surface area contributed by atoms with Crippen LogP contribution < -0.4 is 5.46 Å². The quantitative estimate of drug-likeness (QED) is 0.516. The molecule has 13 heavy (non-hydrogen) atoms. The topological polar surface area (TPSA) is 17.1 Å². The van der Waals surface area contributed by atoms with Crippen LogP contribution in [0, 0.1) is 5.92 Å². The van der Waals surface area contributed by atoms with E-state index in [1.165, 1.54) is 11.0 Å². The Kier molecular flexibility index (Phi) is 3.55. The first-order valence-corrected chi connectivity index (χ1v) is 4.73. The number of carbonyl (C=O) groups excluding carboxylic acids is 1. The molecular formula is C10H12BClO. The van der Waals surface area contributed by atoms with Gasteiger partial charge in [0.25, 0.3) is 0 Å². The van der Waals surface area contributed by atoms with Crippen molar-refractivity contribution in [3.8, 4) is 0 Å². The molecule has 0 N–H and O–H groups in total. The maximum absolute atomic E-state index is 10.8. The van der Waals surface area contributed by atoms with E-state index in [-0.39, 0.29) is 11.2 Å². The van der Waals surface area contributed by atoms with Crippen molar-refractivity contribution in [2.75, 3.05) is 0 Å². The first-order valence-electron chi connectivity index (χ1n) is 4.35. The average Bonchev–Trinajstić information content (AvgIpc) is 2.08. The van der Waals surface area contributed by atoms with Gasteiger partial charge in [-0.1, -0.05) is 42.2 Å². The molecule has 1 atom stereocenters. The molecule has 0 fully saturated rings. The molecule has 0 bridgehead atoms. The SMILES string of the molecule is Bc1ccccc1CC(C)C(=O)Cl. The van der Waals surface area contributed by atoms with Crippen LogP contribution in [-0.2, 0) is 11.2 Å². The molecule has 0 aliphatic rings. The second kappa shape index (κ2) is 4.47. The fourth-order valence-electron chi connectivity index (χ4n) is 1.25. The van der Waals surface area contributed by atoms with Gasteiger partial charge in [0.1, 0.15) is 7.85 Å². The molecule has 0 radical (unpaired) electrons. The van der Waals surface area contributed by atoms with E-state index in [0.717, 1.165) is 6.42 Å². The van der Waals surface area contributed by atoms with Crippen molar-refractivity contribution in [3.63, 3.8) is 0 Å². The molecule has 1 nitrogen and oxygen atoms in total. The lowest BCUT2D eigenvalue weighted by Crippen LogP contribution is -2.15. The van der Waals surface area contributed by atoms with Gasteiger partial charge in [-0.05, 0) is 18.0 Å². The number of hydrogen-bond donors (Lipinski definition) is 0. The van der Waals surface area contributed by atoms with Crippen molar-refractivity contribution < 1.29 is 4.79 Å². The standard InChI is InChI=1S/C10H12BClO/c1-7(10(12)13)6-8-4-2-3-5-9(8)11/h2-5,7H,6,11H2,1H3. The van der Waals surface area contributed by atoms with Crippen LogP contribution in [0.5, 0.6) is 0 Å². The van der Waals surface area contributed by atoms with Crippen LogP contribution in [0.2, 0.25) is 0 Å². The summed E-state index contributed by atoms with van der Waals surface area (Å²) in [5.41, 5.74) is 2.41. The van der Waals surface area contributed by atoms with Crippen molar-refractivity contribution in [3.05, 3.63) is 29.8 Å². The molecule has 0 aliphatic carbocycles. The molecule has 0 saturated carbocycles. The fraction of sp³-hybridized carbons (Fsp3) is 0.300. The molecule has 1 aromatic rings. The lowest BCUT2D eigenvalue weighted by Gasteiger charge is -2.08. The van der Waals surface area contributed by atoms with Crippen molar-refractivity contribution in [1.82, 2.24) is 0 Å². The van der Waals surface area contributed by atoms with Gasteiger partial charge in [-0.25, -0.2) is 0 Å². The van der Waals surface area contributed by atoms with E-state index in [9.17, 15) is 4.79 Å². The van der Waals surface area contributed by atoms with E-state index >= 15 is 0 Å². The number of benzene rings is 1. The molecule has 0 saturated heterocycles. The molecule has 0 aromatic heterocycles. The summed E-state index contributed by atoms with van der Waals surface area (Å²) in [5.74, 6) is -0.0947. The minimum Gasteiger partial charge on any atom is -0.281 e. The summed E-state index contributed by atoms with van der Waals surface area (Å²) in [6.45, 7) is 1.85. The average molecular weight is 194 g/mol. The second-order valence-corrected chi connectivity index (χ2v) is 3.71. The second-order valence-electron chi connectivity index (χ2n) is 3.34. The molecule has 3 heteroatoms. The molecule has 0 amide bonds. The monoisotopic (exact) mass is 194 g/mol. The largest absolute Gasteiger partial charge is 0.281 e. The Bertz CT molecular complexity index is 312. The van der Waals surface area contributed by atoms with Crippen LogP contribution in [0.15, 0.2) is 24.3 Å². The van der Waals surface area contributed by atoms with Gasteiger partial charge in [0, 0.05) is 5.92 Å². The third-order valence-electron chi connectivity index (χ3n) is 2.17. The number of hydrogen-bond acceptors (Lipinski definition) is 1.